The molecule has 0 spiro atoms. The van der Waals surface area contributed by atoms with E-state index in [0.717, 1.165) is 25.8 Å². The summed E-state index contributed by atoms with van der Waals surface area (Å²) in [5.41, 5.74) is 0. The van der Waals surface area contributed by atoms with Gasteiger partial charge in [0.2, 0.25) is 0 Å². The van der Waals surface area contributed by atoms with E-state index in [1.807, 2.05) is 0 Å². The minimum absolute atomic E-state index is 0. The number of halogens is 1. The molecule has 1 aliphatic rings. The topological polar surface area (TPSA) is 32.3 Å². The van der Waals surface area contributed by atoms with Crippen LogP contribution in [0.25, 0.3) is 0 Å². The molecule has 0 saturated carbocycles. The molecule has 1 fully saturated rings. The number of aliphatic hydroxyl groups is 1. The van der Waals surface area contributed by atoms with Crippen LogP contribution in [0.5, 0.6) is 0 Å². The molecule has 3 heteroatoms. The van der Waals surface area contributed by atoms with Crippen LogP contribution in [-0.4, -0.2) is 23.8 Å². The van der Waals surface area contributed by atoms with Gasteiger partial charge in [0.05, 0.1) is 6.10 Å². The zero-order valence-corrected chi connectivity index (χ0v) is 7.16. The average Bonchev–Trinajstić information content (AvgIpc) is 1.89. The number of rotatable bonds is 1. The molecule has 0 radical (unpaired) electrons. The zero-order valence-electron chi connectivity index (χ0n) is 6.34. The van der Waals surface area contributed by atoms with Crippen molar-refractivity contribution in [1.82, 2.24) is 5.32 Å². The predicted octanol–water partition coefficient (Wildman–Crippen LogP) is 0.931. The van der Waals surface area contributed by atoms with Gasteiger partial charge in [0, 0.05) is 6.04 Å². The zero-order chi connectivity index (χ0) is 6.69. The highest BCUT2D eigenvalue weighted by Gasteiger charge is 2.19. The van der Waals surface area contributed by atoms with Crippen LogP contribution in [0.15, 0.2) is 0 Å². The molecule has 1 rings (SSSR count). The minimum Gasteiger partial charge on any atom is -0.392 e. The molecule has 2 unspecified atom stereocenters. The monoisotopic (exact) mass is 165 g/mol. The first-order chi connectivity index (χ1) is 4.34. The van der Waals surface area contributed by atoms with Crippen molar-refractivity contribution in [2.75, 3.05) is 6.54 Å². The first kappa shape index (κ1) is 10.2. The van der Waals surface area contributed by atoms with Gasteiger partial charge in [-0.25, -0.2) is 0 Å². The van der Waals surface area contributed by atoms with Gasteiger partial charge < -0.3 is 10.4 Å². The largest absolute Gasteiger partial charge is 0.392 e. The maximum atomic E-state index is 9.31. The highest BCUT2D eigenvalue weighted by molar-refractivity contribution is 5.85. The van der Waals surface area contributed by atoms with Crippen molar-refractivity contribution in [2.24, 2.45) is 0 Å². The fraction of sp³-hybridized carbons (Fsp3) is 1.00. The van der Waals surface area contributed by atoms with Gasteiger partial charge in [-0.2, -0.15) is 0 Å². The van der Waals surface area contributed by atoms with Crippen molar-refractivity contribution < 1.29 is 5.11 Å². The van der Waals surface area contributed by atoms with Crippen molar-refractivity contribution in [3.63, 3.8) is 0 Å². The van der Waals surface area contributed by atoms with E-state index in [1.54, 1.807) is 0 Å². The van der Waals surface area contributed by atoms with E-state index in [4.69, 9.17) is 0 Å². The molecule has 0 aliphatic carbocycles. The van der Waals surface area contributed by atoms with Crippen molar-refractivity contribution in [3.8, 4) is 0 Å². The second-order valence-corrected chi connectivity index (χ2v) is 2.68. The van der Waals surface area contributed by atoms with Gasteiger partial charge in [0.15, 0.2) is 0 Å². The second-order valence-electron chi connectivity index (χ2n) is 2.68. The van der Waals surface area contributed by atoms with Crippen molar-refractivity contribution in [1.29, 1.82) is 0 Å². The lowest BCUT2D eigenvalue weighted by Gasteiger charge is -2.27. The van der Waals surface area contributed by atoms with Gasteiger partial charge in [0.25, 0.3) is 0 Å². The predicted molar refractivity (Wildman–Crippen MR) is 44.6 cm³/mol. The Morgan fingerprint density at radius 1 is 1.60 bits per heavy atom. The smallest absolute Gasteiger partial charge is 0.0693 e. The number of aliphatic hydroxyl groups excluding tert-OH is 1. The van der Waals surface area contributed by atoms with E-state index < -0.39 is 0 Å². The lowest BCUT2D eigenvalue weighted by molar-refractivity contribution is 0.0947. The van der Waals surface area contributed by atoms with E-state index >= 15 is 0 Å². The third kappa shape index (κ3) is 2.45. The molecule has 0 amide bonds. The Morgan fingerprint density at radius 2 is 2.30 bits per heavy atom. The quantitative estimate of drug-likeness (QED) is 0.606. The van der Waals surface area contributed by atoms with Crippen LogP contribution in [0, 0.1) is 0 Å². The molecule has 0 aromatic rings. The van der Waals surface area contributed by atoms with Crippen molar-refractivity contribution >= 4 is 12.4 Å². The summed E-state index contributed by atoms with van der Waals surface area (Å²) >= 11 is 0. The summed E-state index contributed by atoms with van der Waals surface area (Å²) in [4.78, 5) is 0. The molecule has 62 valence electrons. The van der Waals surface area contributed by atoms with Crippen LogP contribution >= 0.6 is 12.4 Å². The molecule has 2 nitrogen and oxygen atoms in total. The molecule has 0 aromatic carbocycles. The lowest BCUT2D eigenvalue weighted by atomic mass is 10.00. The standard InChI is InChI=1S/C7H15NO.ClH/c1-2-6-7(9)4-3-5-8-6;/h6-9H,2-5H2,1H3;1H. The molecule has 2 N–H and O–H groups in total. The lowest BCUT2D eigenvalue weighted by Crippen LogP contribution is -2.44. The van der Waals surface area contributed by atoms with E-state index in [0.29, 0.717) is 6.04 Å². The summed E-state index contributed by atoms with van der Waals surface area (Å²) in [5.74, 6) is 0. The van der Waals surface area contributed by atoms with E-state index in [-0.39, 0.29) is 18.5 Å². The third-order valence-corrected chi connectivity index (χ3v) is 1.99. The molecule has 2 atom stereocenters. The Bertz CT molecular complexity index is 89.7. The number of nitrogens with one attached hydrogen (secondary N) is 1. The summed E-state index contributed by atoms with van der Waals surface area (Å²) in [6, 6.07) is 0.360. The van der Waals surface area contributed by atoms with Crippen LogP contribution < -0.4 is 5.32 Å². The maximum Gasteiger partial charge on any atom is 0.0693 e. The van der Waals surface area contributed by atoms with Gasteiger partial charge in [-0.05, 0) is 25.8 Å². The van der Waals surface area contributed by atoms with Crippen LogP contribution in [0.4, 0.5) is 0 Å². The highest BCUT2D eigenvalue weighted by atomic mass is 35.5. The first-order valence-electron chi connectivity index (χ1n) is 3.76. The molecular weight excluding hydrogens is 150 g/mol. The molecule has 0 aromatic heterocycles. The van der Waals surface area contributed by atoms with Crippen molar-refractivity contribution in [3.05, 3.63) is 0 Å². The summed E-state index contributed by atoms with van der Waals surface area (Å²) in [7, 11) is 0. The Balaban J connectivity index is 0.000000810. The fourth-order valence-corrected chi connectivity index (χ4v) is 1.35. The molecule has 1 aliphatic heterocycles. The highest BCUT2D eigenvalue weighted by Crippen LogP contribution is 2.09. The van der Waals surface area contributed by atoms with E-state index in [1.165, 1.54) is 0 Å². The van der Waals surface area contributed by atoms with Crippen molar-refractivity contribution in [2.45, 2.75) is 38.3 Å². The fourth-order valence-electron chi connectivity index (χ4n) is 1.35. The molecule has 10 heavy (non-hydrogen) atoms. The number of hydrogen-bond acceptors (Lipinski definition) is 2. The van der Waals surface area contributed by atoms with E-state index in [2.05, 4.69) is 12.2 Å². The number of hydrogen-bond donors (Lipinski definition) is 2. The first-order valence-corrected chi connectivity index (χ1v) is 3.76. The Kier molecular flexibility index (Phi) is 5.04. The van der Waals surface area contributed by atoms with E-state index in [9.17, 15) is 5.11 Å². The summed E-state index contributed by atoms with van der Waals surface area (Å²) < 4.78 is 0. The Labute approximate surface area is 68.4 Å². The van der Waals surface area contributed by atoms with Gasteiger partial charge in [-0.3, -0.25) is 0 Å². The average molecular weight is 166 g/mol. The van der Waals surface area contributed by atoms with Gasteiger partial charge >= 0.3 is 0 Å². The van der Waals surface area contributed by atoms with Gasteiger partial charge in [0.1, 0.15) is 0 Å². The number of piperidine rings is 1. The Hall–Kier alpha value is 0.210. The SMILES string of the molecule is CCC1NCCCC1O.Cl. The normalized spacial score (nSPS) is 33.0. The van der Waals surface area contributed by atoms with Crippen LogP contribution in [0.3, 0.4) is 0 Å². The second kappa shape index (κ2) is 4.94. The van der Waals surface area contributed by atoms with Gasteiger partial charge in [-0.15, -0.1) is 12.4 Å². The maximum absolute atomic E-state index is 9.31. The van der Waals surface area contributed by atoms with Gasteiger partial charge in [-0.1, -0.05) is 6.92 Å². The van der Waals surface area contributed by atoms with Crippen LogP contribution in [-0.2, 0) is 0 Å². The summed E-state index contributed by atoms with van der Waals surface area (Å²) in [6.45, 7) is 3.18. The summed E-state index contributed by atoms with van der Waals surface area (Å²) in [5, 5.41) is 12.6. The van der Waals surface area contributed by atoms with Crippen LogP contribution in [0.2, 0.25) is 0 Å². The minimum atomic E-state index is -0.0938. The molecule has 1 heterocycles. The third-order valence-electron chi connectivity index (χ3n) is 1.99. The summed E-state index contributed by atoms with van der Waals surface area (Å²) in [6.07, 6.45) is 3.05. The van der Waals surface area contributed by atoms with Crippen LogP contribution in [0.1, 0.15) is 26.2 Å². The molecular formula is C7H16ClNO. The molecule has 0 bridgehead atoms. The molecule has 1 saturated heterocycles. The Morgan fingerprint density at radius 3 is 2.70 bits per heavy atom.